The summed E-state index contributed by atoms with van der Waals surface area (Å²) in [6.07, 6.45) is 0.0108. The maximum absolute atomic E-state index is 12.5. The first-order valence-electron chi connectivity index (χ1n) is 9.58. The molecule has 0 aliphatic carbocycles. The average Bonchev–Trinajstić information content (AvgIpc) is 3.23. The summed E-state index contributed by atoms with van der Waals surface area (Å²) >= 11 is 1.30. The normalized spacial score (nSPS) is 10.9. The van der Waals surface area contributed by atoms with Gasteiger partial charge in [0.15, 0.2) is 5.13 Å². The van der Waals surface area contributed by atoms with Crippen LogP contribution in [0.15, 0.2) is 57.4 Å². The van der Waals surface area contributed by atoms with E-state index in [-0.39, 0.29) is 30.0 Å². The second-order valence-corrected chi connectivity index (χ2v) is 7.84. The lowest BCUT2D eigenvalue weighted by Gasteiger charge is -2.07. The number of aromatic amines is 1. The third kappa shape index (κ3) is 4.26. The molecule has 2 aromatic carbocycles. The zero-order chi connectivity index (χ0) is 22.0. The molecule has 2 aromatic heterocycles. The van der Waals surface area contributed by atoms with Crippen molar-refractivity contribution in [1.82, 2.24) is 14.8 Å². The Bertz CT molecular complexity index is 1390. The van der Waals surface area contributed by atoms with Crippen LogP contribution in [0.4, 0.5) is 5.13 Å². The number of hydrogen-bond donors (Lipinski definition) is 2. The number of aromatic nitrogens is 3. The maximum Gasteiger partial charge on any atom is 0.273 e. The molecule has 0 radical (unpaired) electrons. The summed E-state index contributed by atoms with van der Waals surface area (Å²) in [6.45, 7) is 2.03. The van der Waals surface area contributed by atoms with Gasteiger partial charge < -0.3 is 10.1 Å². The van der Waals surface area contributed by atoms with Gasteiger partial charge in [0.05, 0.1) is 30.1 Å². The minimum absolute atomic E-state index is 0.0108. The van der Waals surface area contributed by atoms with Crippen molar-refractivity contribution in [2.45, 2.75) is 19.9 Å². The first kappa shape index (κ1) is 20.5. The van der Waals surface area contributed by atoms with Gasteiger partial charge in [-0.1, -0.05) is 23.8 Å². The van der Waals surface area contributed by atoms with Crippen molar-refractivity contribution >= 4 is 33.1 Å². The molecule has 31 heavy (non-hydrogen) atoms. The third-order valence-electron chi connectivity index (χ3n) is 4.83. The van der Waals surface area contributed by atoms with Crippen LogP contribution in [-0.2, 0) is 11.3 Å². The molecule has 0 fully saturated rings. The molecule has 4 aromatic rings. The minimum atomic E-state index is -0.368. The van der Waals surface area contributed by atoms with Gasteiger partial charge in [0.2, 0.25) is 5.91 Å². The van der Waals surface area contributed by atoms with Crippen LogP contribution in [0.5, 0.6) is 5.75 Å². The van der Waals surface area contributed by atoms with Crippen LogP contribution >= 0.6 is 11.3 Å². The van der Waals surface area contributed by atoms with Crippen LogP contribution < -0.4 is 21.2 Å². The van der Waals surface area contributed by atoms with Gasteiger partial charge in [0.25, 0.3) is 11.1 Å². The van der Waals surface area contributed by atoms with Crippen LogP contribution in [0, 0.1) is 6.92 Å². The fourth-order valence-corrected chi connectivity index (χ4v) is 4.00. The lowest BCUT2D eigenvalue weighted by molar-refractivity contribution is -0.116. The molecule has 0 aliphatic heterocycles. The largest absolute Gasteiger partial charge is 0.496 e. The maximum atomic E-state index is 12.5. The van der Waals surface area contributed by atoms with Crippen LogP contribution in [0.3, 0.4) is 0 Å². The van der Waals surface area contributed by atoms with Crippen molar-refractivity contribution in [2.24, 2.45) is 0 Å². The molecule has 158 valence electrons. The highest BCUT2D eigenvalue weighted by atomic mass is 32.1. The molecule has 0 bridgehead atoms. The summed E-state index contributed by atoms with van der Waals surface area (Å²) in [4.78, 5) is 41.6. The number of amides is 1. The average molecular weight is 436 g/mol. The Morgan fingerprint density at radius 1 is 1.19 bits per heavy atom. The number of nitrogens with zero attached hydrogens (tertiary/aromatic N) is 2. The molecule has 0 unspecified atom stereocenters. The zero-order valence-corrected chi connectivity index (χ0v) is 17.8. The van der Waals surface area contributed by atoms with Crippen molar-refractivity contribution < 1.29 is 9.53 Å². The van der Waals surface area contributed by atoms with E-state index in [4.69, 9.17) is 4.74 Å². The van der Waals surface area contributed by atoms with E-state index in [1.54, 1.807) is 31.4 Å². The Morgan fingerprint density at radius 2 is 1.97 bits per heavy atom. The number of carbonyl (C=O) groups excluding carboxylic acids is 1. The summed E-state index contributed by atoms with van der Waals surface area (Å²) < 4.78 is 6.56. The number of thiazole rings is 1. The Kier molecular flexibility index (Phi) is 5.68. The number of nitrogens with one attached hydrogen (secondary N) is 2. The highest BCUT2D eigenvalue weighted by molar-refractivity contribution is 7.14. The zero-order valence-electron chi connectivity index (χ0n) is 17.0. The smallest absolute Gasteiger partial charge is 0.273 e. The van der Waals surface area contributed by atoms with E-state index in [1.807, 2.05) is 30.5 Å². The SMILES string of the molecule is COc1ccc(C)cc1-c1csc(NC(=O)CCn2[nH]c(=O)c3ccccc3c2=O)n1. The lowest BCUT2D eigenvalue weighted by Crippen LogP contribution is -2.31. The molecular weight excluding hydrogens is 416 g/mol. The number of ether oxygens (including phenoxy) is 1. The Morgan fingerprint density at radius 3 is 2.74 bits per heavy atom. The molecule has 0 aliphatic rings. The topological polar surface area (TPSA) is 106 Å². The first-order chi connectivity index (χ1) is 15.0. The monoisotopic (exact) mass is 436 g/mol. The standard InChI is InChI=1S/C22H20N4O4S/c1-13-7-8-18(30-2)16(11-13)17-12-31-22(23-17)24-19(27)9-10-26-21(29)15-6-4-3-5-14(15)20(28)25-26/h3-8,11-12H,9-10H2,1-2H3,(H,25,28)(H,23,24,27). The first-order valence-corrected chi connectivity index (χ1v) is 10.5. The predicted molar refractivity (Wildman–Crippen MR) is 121 cm³/mol. The second kappa shape index (κ2) is 8.57. The van der Waals surface area contributed by atoms with Crippen LogP contribution in [0.25, 0.3) is 22.0 Å². The van der Waals surface area contributed by atoms with Gasteiger partial charge in [-0.2, -0.15) is 0 Å². The number of hydrogen-bond acceptors (Lipinski definition) is 6. The molecule has 2 N–H and O–H groups in total. The van der Waals surface area contributed by atoms with Gasteiger partial charge in [0.1, 0.15) is 5.75 Å². The fourth-order valence-electron chi connectivity index (χ4n) is 3.28. The van der Waals surface area contributed by atoms with Crippen molar-refractivity contribution in [3.8, 4) is 17.0 Å². The third-order valence-corrected chi connectivity index (χ3v) is 5.59. The minimum Gasteiger partial charge on any atom is -0.496 e. The molecule has 0 atom stereocenters. The van der Waals surface area contributed by atoms with E-state index < -0.39 is 0 Å². The summed E-state index contributed by atoms with van der Waals surface area (Å²) in [6, 6.07) is 12.4. The molecule has 2 heterocycles. The molecule has 4 rings (SSSR count). The van der Waals surface area contributed by atoms with E-state index >= 15 is 0 Å². The highest BCUT2D eigenvalue weighted by Gasteiger charge is 2.13. The van der Waals surface area contributed by atoms with E-state index in [1.165, 1.54) is 11.3 Å². The number of fused-ring (bicyclic) bond motifs is 1. The molecule has 8 nitrogen and oxygen atoms in total. The van der Waals surface area contributed by atoms with Gasteiger partial charge in [-0.05, 0) is 31.2 Å². The quantitative estimate of drug-likeness (QED) is 0.483. The molecule has 1 amide bonds. The van der Waals surface area contributed by atoms with Crippen molar-refractivity contribution in [1.29, 1.82) is 0 Å². The van der Waals surface area contributed by atoms with Gasteiger partial charge in [-0.3, -0.25) is 19.5 Å². The number of anilines is 1. The molecule has 0 saturated carbocycles. The lowest BCUT2D eigenvalue weighted by atomic mass is 10.1. The number of methoxy groups -OCH3 is 1. The van der Waals surface area contributed by atoms with Crippen LogP contribution in [-0.4, -0.2) is 27.8 Å². The Hall–Kier alpha value is -3.72. The second-order valence-electron chi connectivity index (χ2n) is 6.98. The van der Waals surface area contributed by atoms with Crippen molar-refractivity contribution in [2.75, 3.05) is 12.4 Å². The summed E-state index contributed by atoms with van der Waals surface area (Å²) in [5.41, 5.74) is 1.91. The number of aryl methyl sites for hydroxylation is 2. The number of rotatable bonds is 6. The van der Waals surface area contributed by atoms with Crippen LogP contribution in [0.2, 0.25) is 0 Å². The Labute approximate surface area is 181 Å². The summed E-state index contributed by atoms with van der Waals surface area (Å²) in [7, 11) is 1.60. The van der Waals surface area contributed by atoms with Gasteiger partial charge >= 0.3 is 0 Å². The molecule has 9 heteroatoms. The highest BCUT2D eigenvalue weighted by Crippen LogP contribution is 2.32. The van der Waals surface area contributed by atoms with Gasteiger partial charge in [-0.25, -0.2) is 9.67 Å². The van der Waals surface area contributed by atoms with E-state index in [0.29, 0.717) is 27.3 Å². The Balaban J connectivity index is 1.47. The van der Waals surface area contributed by atoms with Crippen LogP contribution in [0.1, 0.15) is 12.0 Å². The van der Waals surface area contributed by atoms with E-state index in [2.05, 4.69) is 15.4 Å². The fraction of sp³-hybridized carbons (Fsp3) is 0.182. The van der Waals surface area contributed by atoms with Crippen molar-refractivity contribution in [3.63, 3.8) is 0 Å². The summed E-state index contributed by atoms with van der Waals surface area (Å²) in [5, 5.41) is 8.21. The van der Waals surface area contributed by atoms with Gasteiger partial charge in [0, 0.05) is 17.4 Å². The van der Waals surface area contributed by atoms with Gasteiger partial charge in [-0.15, -0.1) is 11.3 Å². The van der Waals surface area contributed by atoms with Crippen molar-refractivity contribution in [3.05, 3.63) is 74.1 Å². The number of benzene rings is 2. The van der Waals surface area contributed by atoms with E-state index in [9.17, 15) is 14.4 Å². The summed E-state index contributed by atoms with van der Waals surface area (Å²) in [5.74, 6) is 0.395. The number of carbonyl (C=O) groups is 1. The molecule has 0 spiro atoms. The number of H-pyrrole nitrogens is 1. The molecule has 0 saturated heterocycles. The molecular formula is C22H20N4O4S. The van der Waals surface area contributed by atoms with E-state index in [0.717, 1.165) is 15.8 Å². The predicted octanol–water partition coefficient (Wildman–Crippen LogP) is 3.16.